The predicted octanol–water partition coefficient (Wildman–Crippen LogP) is 1.85. The van der Waals surface area contributed by atoms with Gasteiger partial charge in [0.05, 0.1) is 23.8 Å². The van der Waals surface area contributed by atoms with Crippen LogP contribution in [0.1, 0.15) is 6.42 Å². The molecule has 2 amide bonds. The smallest absolute Gasteiger partial charge is 0.322 e. The minimum absolute atomic E-state index is 0.0457. The molecule has 1 heterocycles. The van der Waals surface area contributed by atoms with Crippen molar-refractivity contribution in [2.24, 2.45) is 0 Å². The minimum Gasteiger partial charge on any atom is -0.395 e. The van der Waals surface area contributed by atoms with Gasteiger partial charge in [0.2, 0.25) is 0 Å². The maximum atomic E-state index is 12.7. The lowest BCUT2D eigenvalue weighted by Crippen LogP contribution is -2.45. The third kappa shape index (κ3) is 3.52. The number of hydrogen-bond acceptors (Lipinski definition) is 4. The molecule has 24 heavy (non-hydrogen) atoms. The molecule has 1 aliphatic heterocycles. The summed E-state index contributed by atoms with van der Waals surface area (Å²) >= 11 is 0. The number of hydrogen-bond donors (Lipinski definition) is 2. The number of nitrogens with one attached hydrogen (secondary N) is 1. The summed E-state index contributed by atoms with van der Waals surface area (Å²) in [5.74, 6) is 0.0388. The summed E-state index contributed by atoms with van der Waals surface area (Å²) < 4.78 is 23.4. The molecule has 0 spiro atoms. The number of urea groups is 1. The van der Waals surface area contributed by atoms with Crippen LogP contribution in [-0.4, -0.2) is 55.2 Å². The highest BCUT2D eigenvalue weighted by Gasteiger charge is 2.34. The number of carbonyl (C=O) groups is 1. The number of rotatable bonds is 4. The van der Waals surface area contributed by atoms with Gasteiger partial charge in [0, 0.05) is 18.0 Å². The number of benzene rings is 2. The van der Waals surface area contributed by atoms with E-state index in [0.29, 0.717) is 12.1 Å². The van der Waals surface area contributed by atoms with Crippen molar-refractivity contribution in [2.75, 3.05) is 30.0 Å². The van der Waals surface area contributed by atoms with Crippen LogP contribution in [0, 0.1) is 0 Å². The quantitative estimate of drug-likeness (QED) is 0.883. The number of aliphatic hydroxyl groups is 1. The molecule has 128 valence electrons. The van der Waals surface area contributed by atoms with Crippen LogP contribution in [0.2, 0.25) is 0 Å². The average molecular weight is 348 g/mol. The molecule has 6 nitrogen and oxygen atoms in total. The third-order valence-corrected chi connectivity index (χ3v) is 6.03. The molecule has 0 saturated carbocycles. The molecule has 7 heteroatoms. The number of carbonyl (C=O) groups excluding carboxylic acids is 1. The second-order valence-electron chi connectivity index (χ2n) is 5.93. The maximum Gasteiger partial charge on any atom is 0.322 e. The van der Waals surface area contributed by atoms with Crippen molar-refractivity contribution in [3.8, 4) is 0 Å². The van der Waals surface area contributed by atoms with E-state index in [1.165, 1.54) is 4.90 Å². The zero-order chi connectivity index (χ0) is 17.2. The van der Waals surface area contributed by atoms with E-state index in [4.69, 9.17) is 0 Å². The molecular weight excluding hydrogens is 328 g/mol. The van der Waals surface area contributed by atoms with Crippen molar-refractivity contribution in [3.63, 3.8) is 0 Å². The summed E-state index contributed by atoms with van der Waals surface area (Å²) in [6.45, 7) is -0.101. The molecule has 2 aromatic rings. The summed E-state index contributed by atoms with van der Waals surface area (Å²) in [4.78, 5) is 14.1. The molecule has 0 unspecified atom stereocenters. The molecule has 0 aliphatic carbocycles. The van der Waals surface area contributed by atoms with Crippen molar-refractivity contribution in [2.45, 2.75) is 12.5 Å². The zero-order valence-corrected chi connectivity index (χ0v) is 14.0. The maximum absolute atomic E-state index is 12.7. The van der Waals surface area contributed by atoms with E-state index in [1.807, 2.05) is 42.5 Å². The number of fused-ring (bicyclic) bond motifs is 1. The van der Waals surface area contributed by atoms with Crippen molar-refractivity contribution < 1.29 is 18.3 Å². The fraction of sp³-hybridized carbons (Fsp3) is 0.353. The molecule has 1 aliphatic rings. The highest BCUT2D eigenvalue weighted by molar-refractivity contribution is 7.91. The van der Waals surface area contributed by atoms with E-state index in [0.717, 1.165) is 10.8 Å². The Labute approximate surface area is 141 Å². The topological polar surface area (TPSA) is 86.7 Å². The molecule has 3 rings (SSSR count). The molecule has 2 N–H and O–H groups in total. The Morgan fingerprint density at radius 2 is 1.96 bits per heavy atom. The van der Waals surface area contributed by atoms with Crippen LogP contribution in [0.15, 0.2) is 42.5 Å². The molecule has 0 bridgehead atoms. The van der Waals surface area contributed by atoms with E-state index in [1.54, 1.807) is 0 Å². The first-order chi connectivity index (χ1) is 11.5. The molecule has 0 radical (unpaired) electrons. The highest BCUT2D eigenvalue weighted by atomic mass is 32.2. The number of sulfone groups is 1. The number of nitrogens with zero attached hydrogens (tertiary/aromatic N) is 1. The zero-order valence-electron chi connectivity index (χ0n) is 13.2. The van der Waals surface area contributed by atoms with Gasteiger partial charge in [-0.1, -0.05) is 36.4 Å². The second-order valence-corrected chi connectivity index (χ2v) is 8.16. The van der Waals surface area contributed by atoms with E-state index < -0.39 is 15.9 Å². The first-order valence-corrected chi connectivity index (χ1v) is 9.69. The van der Waals surface area contributed by atoms with Gasteiger partial charge in [-0.05, 0) is 17.9 Å². The molecule has 1 fully saturated rings. The van der Waals surface area contributed by atoms with E-state index in [2.05, 4.69) is 5.32 Å². The lowest BCUT2D eigenvalue weighted by atomic mass is 10.1. The lowest BCUT2D eigenvalue weighted by Gasteiger charge is -2.28. The van der Waals surface area contributed by atoms with E-state index in [9.17, 15) is 18.3 Å². The Morgan fingerprint density at radius 1 is 1.21 bits per heavy atom. The van der Waals surface area contributed by atoms with Gasteiger partial charge in [-0.15, -0.1) is 0 Å². The standard InChI is InChI=1S/C17H20N2O4S/c20-10-9-19(14-8-11-24(22,23)12-14)17(21)18-16-7-3-5-13-4-1-2-6-15(13)16/h1-7,14,20H,8-12H2,(H,18,21)/t14-/m1/s1. The van der Waals surface area contributed by atoms with Crippen molar-refractivity contribution >= 4 is 32.3 Å². The Kier molecular flexibility index (Phi) is 4.73. The van der Waals surface area contributed by atoms with Gasteiger partial charge in [0.1, 0.15) is 0 Å². The number of anilines is 1. The lowest BCUT2D eigenvalue weighted by molar-refractivity contribution is 0.169. The summed E-state index contributed by atoms with van der Waals surface area (Å²) in [5.41, 5.74) is 0.668. The van der Waals surface area contributed by atoms with Crippen LogP contribution in [0.5, 0.6) is 0 Å². The van der Waals surface area contributed by atoms with Crippen molar-refractivity contribution in [3.05, 3.63) is 42.5 Å². The van der Waals surface area contributed by atoms with Crippen LogP contribution < -0.4 is 5.32 Å². The summed E-state index contributed by atoms with van der Waals surface area (Å²) in [5, 5.41) is 14.0. The predicted molar refractivity (Wildman–Crippen MR) is 93.8 cm³/mol. The fourth-order valence-corrected chi connectivity index (χ4v) is 4.83. The van der Waals surface area contributed by atoms with Gasteiger partial charge in [-0.25, -0.2) is 13.2 Å². The Balaban J connectivity index is 1.83. The normalized spacial score (nSPS) is 19.3. The van der Waals surface area contributed by atoms with Crippen LogP contribution in [0.4, 0.5) is 10.5 Å². The number of aliphatic hydroxyl groups excluding tert-OH is 1. The van der Waals surface area contributed by atoms with Crippen LogP contribution in [0.3, 0.4) is 0 Å². The third-order valence-electron chi connectivity index (χ3n) is 4.28. The summed E-state index contributed by atoms with van der Waals surface area (Å²) in [6, 6.07) is 12.5. The Morgan fingerprint density at radius 3 is 2.67 bits per heavy atom. The van der Waals surface area contributed by atoms with E-state index >= 15 is 0 Å². The van der Waals surface area contributed by atoms with Gasteiger partial charge >= 0.3 is 6.03 Å². The molecule has 1 saturated heterocycles. The average Bonchev–Trinajstić information content (AvgIpc) is 2.92. The van der Waals surface area contributed by atoms with Gasteiger partial charge in [-0.3, -0.25) is 0 Å². The molecule has 0 aromatic heterocycles. The van der Waals surface area contributed by atoms with Gasteiger partial charge < -0.3 is 15.3 Å². The van der Waals surface area contributed by atoms with Crippen molar-refractivity contribution in [1.29, 1.82) is 0 Å². The second kappa shape index (κ2) is 6.78. The molecule has 1 atom stereocenters. The summed E-state index contributed by atoms with van der Waals surface area (Å²) in [7, 11) is -3.10. The number of amides is 2. The fourth-order valence-electron chi connectivity index (χ4n) is 3.10. The Bertz CT molecular complexity index is 845. The van der Waals surface area contributed by atoms with E-state index in [-0.39, 0.29) is 30.7 Å². The van der Waals surface area contributed by atoms with Gasteiger partial charge in [-0.2, -0.15) is 0 Å². The largest absolute Gasteiger partial charge is 0.395 e. The molecule has 2 aromatic carbocycles. The highest BCUT2D eigenvalue weighted by Crippen LogP contribution is 2.24. The van der Waals surface area contributed by atoms with Crippen LogP contribution in [-0.2, 0) is 9.84 Å². The summed E-state index contributed by atoms with van der Waals surface area (Å²) in [6.07, 6.45) is 0.408. The van der Waals surface area contributed by atoms with Gasteiger partial charge in [0.15, 0.2) is 9.84 Å². The van der Waals surface area contributed by atoms with Gasteiger partial charge in [0.25, 0.3) is 0 Å². The molecular formula is C17H20N2O4S. The van der Waals surface area contributed by atoms with Crippen molar-refractivity contribution in [1.82, 2.24) is 4.90 Å². The van der Waals surface area contributed by atoms with Crippen LogP contribution >= 0.6 is 0 Å². The Hall–Kier alpha value is -2.12. The first kappa shape index (κ1) is 16.7. The first-order valence-electron chi connectivity index (χ1n) is 7.87. The monoisotopic (exact) mass is 348 g/mol. The SMILES string of the molecule is O=C(Nc1cccc2ccccc12)N(CCO)[C@@H]1CCS(=O)(=O)C1. The van der Waals surface area contributed by atoms with Crippen LogP contribution in [0.25, 0.3) is 10.8 Å². The minimum atomic E-state index is -3.10.